The molecule has 0 aromatic heterocycles. The van der Waals surface area contributed by atoms with Crippen molar-refractivity contribution in [2.24, 2.45) is 0 Å². The van der Waals surface area contributed by atoms with E-state index in [0.717, 1.165) is 5.56 Å². The molecule has 0 bridgehead atoms. The molecule has 0 atom stereocenters. The maximum absolute atomic E-state index is 12.3. The number of hydrogen-bond donors (Lipinski definition) is 2. The predicted octanol–water partition coefficient (Wildman–Crippen LogP) is 1.31. The molecule has 1 aromatic rings. The molecule has 0 heterocycles. The average Bonchev–Trinajstić information content (AvgIpc) is 2.42. The molecule has 0 aliphatic carbocycles. The number of carbonyl (C=O) groups excluding carboxylic acids is 3. The van der Waals surface area contributed by atoms with Crippen LogP contribution in [0.15, 0.2) is 24.3 Å². The minimum absolute atomic E-state index is 0.00372. The first-order valence-electron chi connectivity index (χ1n) is 7.48. The minimum Gasteiger partial charge on any atom is -0.352 e. The van der Waals surface area contributed by atoms with Gasteiger partial charge in [-0.25, -0.2) is 0 Å². The Labute approximate surface area is 137 Å². The van der Waals surface area contributed by atoms with Gasteiger partial charge in [0, 0.05) is 31.6 Å². The number of benzene rings is 1. The van der Waals surface area contributed by atoms with Crippen molar-refractivity contribution >= 4 is 17.7 Å². The smallest absolute Gasteiger partial charge is 0.254 e. The molecule has 1 rings (SSSR count). The van der Waals surface area contributed by atoms with Crippen molar-refractivity contribution in [3.05, 3.63) is 35.4 Å². The zero-order chi connectivity index (χ0) is 17.6. The summed E-state index contributed by atoms with van der Waals surface area (Å²) >= 11 is 0. The van der Waals surface area contributed by atoms with E-state index in [1.165, 1.54) is 11.8 Å². The Morgan fingerprint density at radius 3 is 2.13 bits per heavy atom. The van der Waals surface area contributed by atoms with E-state index in [1.807, 2.05) is 20.8 Å². The van der Waals surface area contributed by atoms with Gasteiger partial charge >= 0.3 is 0 Å². The quantitative estimate of drug-likeness (QED) is 0.859. The monoisotopic (exact) mass is 319 g/mol. The van der Waals surface area contributed by atoms with E-state index < -0.39 is 0 Å². The van der Waals surface area contributed by atoms with Gasteiger partial charge in [0.2, 0.25) is 11.8 Å². The van der Waals surface area contributed by atoms with E-state index >= 15 is 0 Å². The summed E-state index contributed by atoms with van der Waals surface area (Å²) in [5.41, 5.74) is 1.08. The number of likely N-dealkylation sites (N-methyl/N-ethyl adjacent to an activating group) is 1. The first-order valence-corrected chi connectivity index (χ1v) is 7.48. The van der Waals surface area contributed by atoms with Gasteiger partial charge in [0.25, 0.3) is 5.91 Å². The number of hydrogen-bond acceptors (Lipinski definition) is 3. The molecule has 0 aliphatic heterocycles. The summed E-state index contributed by atoms with van der Waals surface area (Å²) in [4.78, 5) is 36.4. The Kier molecular flexibility index (Phi) is 6.30. The molecular weight excluding hydrogens is 294 g/mol. The number of carbonyl (C=O) groups is 3. The van der Waals surface area contributed by atoms with Gasteiger partial charge in [0.15, 0.2) is 0 Å². The Balaban J connectivity index is 2.62. The van der Waals surface area contributed by atoms with E-state index in [9.17, 15) is 14.4 Å². The minimum atomic E-state index is -0.327. The van der Waals surface area contributed by atoms with Crippen LogP contribution in [0.5, 0.6) is 0 Å². The summed E-state index contributed by atoms with van der Waals surface area (Å²) in [5, 5.41) is 5.51. The summed E-state index contributed by atoms with van der Waals surface area (Å²) in [6.45, 7) is 7.55. The van der Waals surface area contributed by atoms with Crippen LogP contribution in [0.1, 0.15) is 43.6 Å². The lowest BCUT2D eigenvalue weighted by Crippen LogP contribution is -2.46. The summed E-state index contributed by atoms with van der Waals surface area (Å²) in [7, 11) is 1.59. The SMILES string of the molecule is CC(=O)NCc1ccc(C(=O)N(C)CC(=O)NC(C)(C)C)cc1. The lowest BCUT2D eigenvalue weighted by molar-refractivity contribution is -0.123. The lowest BCUT2D eigenvalue weighted by Gasteiger charge is -2.23. The maximum atomic E-state index is 12.3. The summed E-state index contributed by atoms with van der Waals surface area (Å²) < 4.78 is 0. The fraction of sp³-hybridized carbons (Fsp3) is 0.471. The molecule has 0 radical (unpaired) electrons. The van der Waals surface area contributed by atoms with Crippen molar-refractivity contribution in [1.82, 2.24) is 15.5 Å². The summed E-state index contributed by atoms with van der Waals surface area (Å²) in [5.74, 6) is -0.523. The van der Waals surface area contributed by atoms with E-state index in [-0.39, 0.29) is 29.8 Å². The topological polar surface area (TPSA) is 78.5 Å². The first-order chi connectivity index (χ1) is 10.6. The molecule has 0 saturated heterocycles. The van der Waals surface area contributed by atoms with Crippen LogP contribution in [0.3, 0.4) is 0 Å². The molecule has 0 saturated carbocycles. The normalized spacial score (nSPS) is 10.8. The van der Waals surface area contributed by atoms with Crippen LogP contribution in [0.25, 0.3) is 0 Å². The molecular formula is C17H25N3O3. The van der Waals surface area contributed by atoms with Crippen molar-refractivity contribution in [1.29, 1.82) is 0 Å². The highest BCUT2D eigenvalue weighted by Crippen LogP contribution is 2.07. The highest BCUT2D eigenvalue weighted by Gasteiger charge is 2.18. The molecule has 2 N–H and O–H groups in total. The van der Waals surface area contributed by atoms with Gasteiger partial charge in [-0.15, -0.1) is 0 Å². The van der Waals surface area contributed by atoms with Crippen molar-refractivity contribution in [3.63, 3.8) is 0 Å². The van der Waals surface area contributed by atoms with Crippen molar-refractivity contribution in [2.45, 2.75) is 39.8 Å². The zero-order valence-electron chi connectivity index (χ0n) is 14.4. The standard InChI is InChI=1S/C17H25N3O3/c1-12(21)18-10-13-6-8-14(9-7-13)16(23)20(5)11-15(22)19-17(2,3)4/h6-9H,10-11H2,1-5H3,(H,18,21)(H,19,22). The van der Waals surface area contributed by atoms with Gasteiger partial charge in [0.1, 0.15) is 0 Å². The van der Waals surface area contributed by atoms with Crippen molar-refractivity contribution in [3.8, 4) is 0 Å². The number of nitrogens with one attached hydrogen (secondary N) is 2. The van der Waals surface area contributed by atoms with Crippen molar-refractivity contribution in [2.75, 3.05) is 13.6 Å². The van der Waals surface area contributed by atoms with E-state index in [0.29, 0.717) is 12.1 Å². The van der Waals surface area contributed by atoms with Gasteiger partial charge < -0.3 is 15.5 Å². The summed E-state index contributed by atoms with van der Waals surface area (Å²) in [6.07, 6.45) is 0. The second-order valence-corrected chi connectivity index (χ2v) is 6.57. The molecule has 3 amide bonds. The predicted molar refractivity (Wildman–Crippen MR) is 88.8 cm³/mol. The first kappa shape index (κ1) is 18.7. The molecule has 0 spiro atoms. The molecule has 6 heteroatoms. The molecule has 0 unspecified atom stereocenters. The molecule has 126 valence electrons. The Morgan fingerprint density at radius 1 is 1.09 bits per heavy atom. The van der Waals surface area contributed by atoms with E-state index in [1.54, 1.807) is 31.3 Å². The highest BCUT2D eigenvalue weighted by atomic mass is 16.2. The van der Waals surface area contributed by atoms with Crippen LogP contribution in [0.4, 0.5) is 0 Å². The second-order valence-electron chi connectivity index (χ2n) is 6.57. The van der Waals surface area contributed by atoms with E-state index in [4.69, 9.17) is 0 Å². The Bertz CT molecular complexity index is 574. The molecule has 23 heavy (non-hydrogen) atoms. The van der Waals surface area contributed by atoms with Gasteiger partial charge in [-0.1, -0.05) is 12.1 Å². The molecule has 6 nitrogen and oxygen atoms in total. The van der Waals surface area contributed by atoms with Gasteiger partial charge in [-0.05, 0) is 38.5 Å². The van der Waals surface area contributed by atoms with Gasteiger partial charge in [-0.3, -0.25) is 14.4 Å². The lowest BCUT2D eigenvalue weighted by atomic mass is 10.1. The number of nitrogens with zero attached hydrogens (tertiary/aromatic N) is 1. The van der Waals surface area contributed by atoms with Crippen LogP contribution < -0.4 is 10.6 Å². The fourth-order valence-electron chi connectivity index (χ4n) is 1.96. The van der Waals surface area contributed by atoms with Crippen LogP contribution in [0.2, 0.25) is 0 Å². The third-order valence-corrected chi connectivity index (χ3v) is 2.98. The molecule has 0 aliphatic rings. The molecule has 1 aromatic carbocycles. The Hall–Kier alpha value is -2.37. The molecule has 0 fully saturated rings. The largest absolute Gasteiger partial charge is 0.352 e. The number of amides is 3. The van der Waals surface area contributed by atoms with Crippen LogP contribution in [-0.4, -0.2) is 41.8 Å². The fourth-order valence-corrected chi connectivity index (χ4v) is 1.96. The third kappa shape index (κ3) is 6.95. The highest BCUT2D eigenvalue weighted by molar-refractivity contribution is 5.96. The van der Waals surface area contributed by atoms with Crippen LogP contribution >= 0.6 is 0 Å². The van der Waals surface area contributed by atoms with Crippen LogP contribution in [0, 0.1) is 0 Å². The van der Waals surface area contributed by atoms with Crippen LogP contribution in [-0.2, 0) is 16.1 Å². The number of rotatable bonds is 5. The van der Waals surface area contributed by atoms with E-state index in [2.05, 4.69) is 10.6 Å². The van der Waals surface area contributed by atoms with Crippen molar-refractivity contribution < 1.29 is 14.4 Å². The van der Waals surface area contributed by atoms with Gasteiger partial charge in [-0.2, -0.15) is 0 Å². The maximum Gasteiger partial charge on any atom is 0.254 e. The average molecular weight is 319 g/mol. The second kappa shape index (κ2) is 7.76. The van der Waals surface area contributed by atoms with Gasteiger partial charge in [0.05, 0.1) is 6.54 Å². The summed E-state index contributed by atoms with van der Waals surface area (Å²) in [6, 6.07) is 6.95. The third-order valence-electron chi connectivity index (χ3n) is 2.98. The Morgan fingerprint density at radius 2 is 1.65 bits per heavy atom. The zero-order valence-corrected chi connectivity index (χ0v) is 14.4.